The summed E-state index contributed by atoms with van der Waals surface area (Å²) in [5.74, 6) is -2.76. The van der Waals surface area contributed by atoms with Crippen LogP contribution in [0.3, 0.4) is 0 Å². The van der Waals surface area contributed by atoms with Crippen LogP contribution < -0.4 is 20.3 Å². The van der Waals surface area contributed by atoms with Crippen LogP contribution in [-0.2, 0) is 36.8 Å². The van der Waals surface area contributed by atoms with Gasteiger partial charge >= 0.3 is 0 Å². The Balaban J connectivity index is 1.63. The van der Waals surface area contributed by atoms with Crippen molar-refractivity contribution in [3.05, 3.63) is 113 Å². The lowest BCUT2D eigenvalue weighted by atomic mass is 9.99. The van der Waals surface area contributed by atoms with Crippen LogP contribution in [-0.4, -0.2) is 81.3 Å². The topological polar surface area (TPSA) is 208 Å². The number of hydrogen-bond acceptors (Lipinski definition) is 9. The number of carbonyl (C=O) groups excluding carboxylic acids is 3. The third-order valence-electron chi connectivity index (χ3n) is 7.50. The summed E-state index contributed by atoms with van der Waals surface area (Å²) in [7, 11) is -5.90. The number of sulfone groups is 1. The number of aromatic nitrogens is 2. The summed E-state index contributed by atoms with van der Waals surface area (Å²) in [5, 5.41) is 19.1. The molecule has 1 heterocycles. The number of aliphatic hydroxyl groups is 1. The highest BCUT2D eigenvalue weighted by Crippen LogP contribution is 2.22. The van der Waals surface area contributed by atoms with E-state index in [1.54, 1.807) is 37.3 Å². The zero-order valence-corrected chi connectivity index (χ0v) is 28.9. The first-order valence-corrected chi connectivity index (χ1v) is 18.9. The minimum absolute atomic E-state index is 0.00143. The minimum Gasteiger partial charge on any atom is -0.381 e. The second-order valence-electron chi connectivity index (χ2n) is 11.6. The molecule has 0 aliphatic rings. The molecule has 3 amide bonds. The van der Waals surface area contributed by atoms with Gasteiger partial charge in [-0.1, -0.05) is 60.7 Å². The Kier molecular flexibility index (Phi) is 11.6. The maximum Gasteiger partial charge on any atom is 0.257 e. The Labute approximate surface area is 284 Å². The van der Waals surface area contributed by atoms with Crippen LogP contribution in [0.2, 0.25) is 0 Å². The first-order valence-electron chi connectivity index (χ1n) is 15.0. The second-order valence-corrected chi connectivity index (χ2v) is 15.8. The Morgan fingerprint density at radius 2 is 1.45 bits per heavy atom. The average molecular weight is 711 g/mol. The standard InChI is InChI=1S/C33H38N6O8S2/c1-21(23-13-9-6-10-14-23)35-30(41)24-16-25(18-27(17-24)39(2)49(4,46)47)31(42)37-28(15-22-11-7-5-8-12-22)29(40)32(43)38-33-34-19-26(36-33)20-48(3,44)45/h5-14,16-19,21,28-29,40H,15,20H2,1-4H3,(H,35,41)(H,37,42)(H2,34,36,38,43)/t21-,28+,29-/m1/s1. The summed E-state index contributed by atoms with van der Waals surface area (Å²) in [6.45, 7) is 1.78. The molecule has 4 aromatic rings. The van der Waals surface area contributed by atoms with Crippen molar-refractivity contribution >= 4 is 49.2 Å². The van der Waals surface area contributed by atoms with Crippen LogP contribution in [0, 0.1) is 0 Å². The third-order valence-corrected chi connectivity index (χ3v) is 9.54. The van der Waals surface area contributed by atoms with Crippen molar-refractivity contribution in [1.82, 2.24) is 20.6 Å². The van der Waals surface area contributed by atoms with E-state index in [1.807, 2.05) is 30.3 Å². The number of H-pyrrole nitrogens is 1. The van der Waals surface area contributed by atoms with Gasteiger partial charge < -0.3 is 20.7 Å². The summed E-state index contributed by atoms with van der Waals surface area (Å²) in [5.41, 5.74) is 1.66. The van der Waals surface area contributed by atoms with E-state index >= 15 is 0 Å². The van der Waals surface area contributed by atoms with Crippen molar-refractivity contribution in [2.24, 2.45) is 0 Å². The summed E-state index contributed by atoms with van der Waals surface area (Å²) < 4.78 is 49.0. The highest BCUT2D eigenvalue weighted by Gasteiger charge is 2.30. The van der Waals surface area contributed by atoms with Gasteiger partial charge in [0.15, 0.2) is 15.9 Å². The third kappa shape index (κ3) is 10.5. The number of aromatic amines is 1. The largest absolute Gasteiger partial charge is 0.381 e. The molecule has 0 saturated carbocycles. The van der Waals surface area contributed by atoms with Crippen molar-refractivity contribution in [3.8, 4) is 0 Å². The van der Waals surface area contributed by atoms with Gasteiger partial charge in [0.25, 0.3) is 17.7 Å². The Hall–Kier alpha value is -5.06. The molecule has 0 fully saturated rings. The highest BCUT2D eigenvalue weighted by atomic mass is 32.2. The number of sulfonamides is 1. The van der Waals surface area contributed by atoms with E-state index in [4.69, 9.17) is 0 Å². The number of hydrogen-bond donors (Lipinski definition) is 5. The molecule has 3 aromatic carbocycles. The van der Waals surface area contributed by atoms with Gasteiger partial charge in [0.1, 0.15) is 0 Å². The van der Waals surface area contributed by atoms with Crippen molar-refractivity contribution in [2.75, 3.05) is 29.2 Å². The van der Waals surface area contributed by atoms with Crippen LogP contribution in [0.15, 0.2) is 85.1 Å². The van der Waals surface area contributed by atoms with Crippen LogP contribution >= 0.6 is 0 Å². The van der Waals surface area contributed by atoms with E-state index in [0.29, 0.717) is 5.56 Å². The lowest BCUT2D eigenvalue weighted by Gasteiger charge is -2.24. The fraction of sp³-hybridized carbons (Fsp3) is 0.273. The molecule has 0 saturated heterocycles. The van der Waals surface area contributed by atoms with E-state index in [0.717, 1.165) is 22.4 Å². The fourth-order valence-corrected chi connectivity index (χ4v) is 6.06. The SMILES string of the molecule is C[C@@H](NC(=O)c1cc(C(=O)N[C@@H](Cc2ccccc2)[C@@H](O)C(=O)Nc2ncc(CS(C)(=O)=O)[nH]2)cc(N(C)S(C)(=O)=O)c1)c1ccccc1. The molecule has 0 aliphatic heterocycles. The summed E-state index contributed by atoms with van der Waals surface area (Å²) in [6, 6.07) is 20.2. The maximum atomic E-state index is 13.8. The van der Waals surface area contributed by atoms with Gasteiger partial charge in [0.2, 0.25) is 16.0 Å². The normalized spacial score (nSPS) is 13.5. The van der Waals surface area contributed by atoms with Gasteiger partial charge in [-0.25, -0.2) is 21.8 Å². The van der Waals surface area contributed by atoms with Crippen molar-refractivity contribution < 1.29 is 36.3 Å². The van der Waals surface area contributed by atoms with Crippen molar-refractivity contribution in [1.29, 1.82) is 0 Å². The van der Waals surface area contributed by atoms with Crippen LogP contribution in [0.4, 0.5) is 11.6 Å². The molecule has 1 aromatic heterocycles. The Morgan fingerprint density at radius 1 is 0.878 bits per heavy atom. The first-order chi connectivity index (χ1) is 23.0. The number of benzene rings is 3. The molecule has 16 heteroatoms. The molecular weight excluding hydrogens is 673 g/mol. The van der Waals surface area contributed by atoms with Gasteiger partial charge in [0.05, 0.1) is 41.7 Å². The number of nitrogens with one attached hydrogen (secondary N) is 4. The molecule has 49 heavy (non-hydrogen) atoms. The smallest absolute Gasteiger partial charge is 0.257 e. The average Bonchev–Trinajstić information content (AvgIpc) is 3.48. The minimum atomic E-state index is -3.80. The second kappa shape index (κ2) is 15.4. The van der Waals surface area contributed by atoms with E-state index in [2.05, 4.69) is 25.9 Å². The molecule has 4 rings (SSSR count). The first kappa shape index (κ1) is 36.8. The predicted octanol–water partition coefficient (Wildman–Crippen LogP) is 2.18. The molecular formula is C33H38N6O8S2. The van der Waals surface area contributed by atoms with E-state index < -0.39 is 55.8 Å². The lowest BCUT2D eigenvalue weighted by molar-refractivity contribution is -0.125. The quantitative estimate of drug-likeness (QED) is 0.130. The number of imidazole rings is 1. The molecule has 0 aliphatic carbocycles. The number of amides is 3. The van der Waals surface area contributed by atoms with Gasteiger partial charge in [-0.05, 0) is 42.7 Å². The zero-order chi connectivity index (χ0) is 35.9. The van der Waals surface area contributed by atoms with Gasteiger partial charge in [-0.2, -0.15) is 0 Å². The summed E-state index contributed by atoms with van der Waals surface area (Å²) >= 11 is 0. The Bertz CT molecular complexity index is 2020. The van der Waals surface area contributed by atoms with E-state index in [1.165, 1.54) is 31.4 Å². The molecule has 3 atom stereocenters. The lowest BCUT2D eigenvalue weighted by Crippen LogP contribution is -2.50. The molecule has 0 radical (unpaired) electrons. The zero-order valence-electron chi connectivity index (χ0n) is 27.2. The molecule has 0 spiro atoms. The summed E-state index contributed by atoms with van der Waals surface area (Å²) in [4.78, 5) is 46.9. The van der Waals surface area contributed by atoms with Crippen LogP contribution in [0.25, 0.3) is 0 Å². The molecule has 0 unspecified atom stereocenters. The predicted molar refractivity (Wildman–Crippen MR) is 185 cm³/mol. The number of rotatable bonds is 14. The number of anilines is 2. The number of carbonyl (C=O) groups is 3. The molecule has 260 valence electrons. The molecule has 14 nitrogen and oxygen atoms in total. The number of aliphatic hydroxyl groups excluding tert-OH is 1. The number of nitrogens with zero attached hydrogens (tertiary/aromatic N) is 2. The maximum absolute atomic E-state index is 13.8. The van der Waals surface area contributed by atoms with Crippen molar-refractivity contribution in [3.63, 3.8) is 0 Å². The fourth-order valence-electron chi connectivity index (χ4n) is 4.86. The van der Waals surface area contributed by atoms with Gasteiger partial charge in [0, 0.05) is 24.4 Å². The summed E-state index contributed by atoms with van der Waals surface area (Å²) in [6.07, 6.45) is 1.43. The monoisotopic (exact) mass is 710 g/mol. The van der Waals surface area contributed by atoms with Gasteiger partial charge in [-0.3, -0.25) is 24.0 Å². The van der Waals surface area contributed by atoms with E-state index in [-0.39, 0.29) is 40.6 Å². The van der Waals surface area contributed by atoms with Gasteiger partial charge in [-0.15, -0.1) is 0 Å². The van der Waals surface area contributed by atoms with Crippen LogP contribution in [0.5, 0.6) is 0 Å². The van der Waals surface area contributed by atoms with E-state index in [9.17, 15) is 36.3 Å². The highest BCUT2D eigenvalue weighted by molar-refractivity contribution is 7.92. The molecule has 0 bridgehead atoms. The van der Waals surface area contributed by atoms with Crippen LogP contribution in [0.1, 0.15) is 50.5 Å². The molecule has 5 N–H and O–H groups in total. The Morgan fingerprint density at radius 3 is 2.02 bits per heavy atom. The van der Waals surface area contributed by atoms with Crippen molar-refractivity contribution in [2.45, 2.75) is 37.3 Å².